The van der Waals surface area contributed by atoms with E-state index in [4.69, 9.17) is 9.84 Å². The van der Waals surface area contributed by atoms with Gasteiger partial charge in [0.2, 0.25) is 0 Å². The van der Waals surface area contributed by atoms with Gasteiger partial charge in [-0.2, -0.15) is 0 Å². The number of ether oxygens (including phenoxy) is 1. The quantitative estimate of drug-likeness (QED) is 0.803. The highest BCUT2D eigenvalue weighted by atomic mass is 16.5. The number of aliphatic carboxylic acids is 1. The Morgan fingerprint density at radius 3 is 2.30 bits per heavy atom. The van der Waals surface area contributed by atoms with Crippen molar-refractivity contribution in [3.8, 4) is 5.75 Å². The molecule has 5 heteroatoms. The van der Waals surface area contributed by atoms with Gasteiger partial charge < -0.3 is 15.2 Å². The van der Waals surface area contributed by atoms with Crippen LogP contribution in [0.4, 0.5) is 0 Å². The van der Waals surface area contributed by atoms with E-state index in [1.807, 2.05) is 6.92 Å². The van der Waals surface area contributed by atoms with Crippen molar-refractivity contribution in [3.63, 3.8) is 0 Å². The van der Waals surface area contributed by atoms with Crippen LogP contribution in [0.25, 0.3) is 0 Å². The Labute approximate surface area is 118 Å². The largest absolute Gasteiger partial charge is 0.494 e. The Bertz CT molecular complexity index is 469. The van der Waals surface area contributed by atoms with Crippen molar-refractivity contribution in [2.75, 3.05) is 13.2 Å². The molecular weight excluding hydrogens is 258 g/mol. The van der Waals surface area contributed by atoms with Gasteiger partial charge in [-0.05, 0) is 44.5 Å². The van der Waals surface area contributed by atoms with Crippen LogP contribution in [-0.2, 0) is 4.79 Å². The van der Waals surface area contributed by atoms with E-state index in [0.29, 0.717) is 24.3 Å². The van der Waals surface area contributed by atoms with Crippen LogP contribution in [0.1, 0.15) is 37.6 Å². The predicted molar refractivity (Wildman–Crippen MR) is 76.0 cm³/mol. The van der Waals surface area contributed by atoms with Crippen molar-refractivity contribution in [1.29, 1.82) is 0 Å². The van der Waals surface area contributed by atoms with Gasteiger partial charge in [0.15, 0.2) is 0 Å². The molecule has 20 heavy (non-hydrogen) atoms. The molecule has 1 aromatic carbocycles. The normalized spacial score (nSPS) is 13.3. The molecule has 5 nitrogen and oxygen atoms in total. The van der Waals surface area contributed by atoms with E-state index < -0.39 is 11.4 Å². The number of carbonyl (C=O) groups excluding carboxylic acids is 1. The molecule has 0 bridgehead atoms. The van der Waals surface area contributed by atoms with Crippen LogP contribution in [0.5, 0.6) is 5.75 Å². The van der Waals surface area contributed by atoms with Crippen LogP contribution >= 0.6 is 0 Å². The first-order valence-corrected chi connectivity index (χ1v) is 6.67. The third kappa shape index (κ3) is 3.98. The highest BCUT2D eigenvalue weighted by molar-refractivity contribution is 5.94. The van der Waals surface area contributed by atoms with Crippen molar-refractivity contribution < 1.29 is 19.4 Å². The first kappa shape index (κ1) is 16.0. The van der Waals surface area contributed by atoms with Crippen LogP contribution in [0.2, 0.25) is 0 Å². The fraction of sp³-hybridized carbons (Fsp3) is 0.467. The maximum Gasteiger partial charge on any atom is 0.311 e. The molecule has 1 aromatic rings. The fourth-order valence-corrected chi connectivity index (χ4v) is 1.60. The fourth-order valence-electron chi connectivity index (χ4n) is 1.60. The Morgan fingerprint density at radius 1 is 1.25 bits per heavy atom. The second kappa shape index (κ2) is 6.93. The third-order valence-corrected chi connectivity index (χ3v) is 3.36. The summed E-state index contributed by atoms with van der Waals surface area (Å²) in [6, 6.07) is 6.75. The summed E-state index contributed by atoms with van der Waals surface area (Å²) in [5, 5.41) is 11.8. The summed E-state index contributed by atoms with van der Waals surface area (Å²) >= 11 is 0. The average Bonchev–Trinajstić information content (AvgIpc) is 2.45. The van der Waals surface area contributed by atoms with Gasteiger partial charge in [0.25, 0.3) is 5.91 Å². The Hall–Kier alpha value is -2.04. The highest BCUT2D eigenvalue weighted by Gasteiger charge is 2.31. The SMILES string of the molecule is CCOc1ccc(C(=O)NCC(C)(CC)C(=O)O)cc1. The number of benzene rings is 1. The lowest BCUT2D eigenvalue weighted by atomic mass is 9.87. The maximum atomic E-state index is 12.0. The van der Waals surface area contributed by atoms with E-state index >= 15 is 0 Å². The van der Waals surface area contributed by atoms with Crippen molar-refractivity contribution >= 4 is 11.9 Å². The Morgan fingerprint density at radius 2 is 1.85 bits per heavy atom. The maximum absolute atomic E-state index is 12.0. The summed E-state index contributed by atoms with van der Waals surface area (Å²) < 4.78 is 5.29. The second-order valence-corrected chi connectivity index (χ2v) is 4.86. The number of carboxylic acids is 1. The Kier molecular flexibility index (Phi) is 5.55. The second-order valence-electron chi connectivity index (χ2n) is 4.86. The summed E-state index contributed by atoms with van der Waals surface area (Å²) in [4.78, 5) is 23.1. The number of hydrogen-bond donors (Lipinski definition) is 2. The molecule has 1 unspecified atom stereocenters. The van der Waals surface area contributed by atoms with Gasteiger partial charge in [0.1, 0.15) is 5.75 Å². The minimum Gasteiger partial charge on any atom is -0.494 e. The van der Waals surface area contributed by atoms with E-state index in [1.54, 1.807) is 38.1 Å². The minimum atomic E-state index is -0.944. The zero-order valence-corrected chi connectivity index (χ0v) is 12.1. The van der Waals surface area contributed by atoms with Gasteiger partial charge in [-0.25, -0.2) is 0 Å². The summed E-state index contributed by atoms with van der Waals surface area (Å²) in [7, 11) is 0. The lowest BCUT2D eigenvalue weighted by molar-refractivity contribution is -0.147. The molecule has 1 amide bonds. The molecule has 1 rings (SSSR count). The Balaban J connectivity index is 2.65. The van der Waals surface area contributed by atoms with Gasteiger partial charge in [0.05, 0.1) is 12.0 Å². The molecule has 0 fully saturated rings. The molecule has 2 N–H and O–H groups in total. The molecule has 0 spiro atoms. The monoisotopic (exact) mass is 279 g/mol. The lowest BCUT2D eigenvalue weighted by Crippen LogP contribution is -2.40. The smallest absolute Gasteiger partial charge is 0.311 e. The number of amides is 1. The van der Waals surface area contributed by atoms with Crippen molar-refractivity contribution in [2.45, 2.75) is 27.2 Å². The minimum absolute atomic E-state index is 0.102. The van der Waals surface area contributed by atoms with Gasteiger partial charge in [-0.3, -0.25) is 9.59 Å². The predicted octanol–water partition coefficient (Wildman–Crippen LogP) is 2.32. The zero-order valence-electron chi connectivity index (χ0n) is 12.1. The van der Waals surface area contributed by atoms with Crippen LogP contribution in [0.3, 0.4) is 0 Å². The van der Waals surface area contributed by atoms with Crippen molar-refractivity contribution in [1.82, 2.24) is 5.32 Å². The molecule has 0 radical (unpaired) electrons. The topological polar surface area (TPSA) is 75.6 Å². The molecule has 1 atom stereocenters. The van der Waals surface area contributed by atoms with Crippen LogP contribution < -0.4 is 10.1 Å². The van der Waals surface area contributed by atoms with Crippen LogP contribution in [-0.4, -0.2) is 30.1 Å². The first-order valence-electron chi connectivity index (χ1n) is 6.67. The zero-order chi connectivity index (χ0) is 15.2. The third-order valence-electron chi connectivity index (χ3n) is 3.36. The van der Waals surface area contributed by atoms with Crippen molar-refractivity contribution in [3.05, 3.63) is 29.8 Å². The van der Waals surface area contributed by atoms with E-state index in [-0.39, 0.29) is 12.5 Å². The van der Waals surface area contributed by atoms with Crippen molar-refractivity contribution in [2.24, 2.45) is 5.41 Å². The van der Waals surface area contributed by atoms with Crippen LogP contribution in [0.15, 0.2) is 24.3 Å². The number of rotatable bonds is 7. The van der Waals surface area contributed by atoms with Gasteiger partial charge in [-0.15, -0.1) is 0 Å². The molecular formula is C15H21NO4. The van der Waals surface area contributed by atoms with E-state index in [0.717, 1.165) is 0 Å². The standard InChI is InChI=1S/C15H21NO4/c1-4-15(3,14(18)19)10-16-13(17)11-6-8-12(9-7-11)20-5-2/h6-9H,4-5,10H2,1-3H3,(H,16,17)(H,18,19). The molecule has 0 heterocycles. The molecule has 0 aliphatic heterocycles. The highest BCUT2D eigenvalue weighted by Crippen LogP contribution is 2.20. The number of carboxylic acid groups (broad SMARTS) is 1. The summed E-state index contributed by atoms with van der Waals surface area (Å²) in [5.41, 5.74) is -0.460. The summed E-state index contributed by atoms with van der Waals surface area (Å²) in [6.45, 7) is 5.97. The van der Waals surface area contributed by atoms with E-state index in [2.05, 4.69) is 5.32 Å². The first-order chi connectivity index (χ1) is 9.42. The number of hydrogen-bond acceptors (Lipinski definition) is 3. The van der Waals surface area contributed by atoms with Gasteiger partial charge >= 0.3 is 5.97 Å². The molecule has 0 aromatic heterocycles. The van der Waals surface area contributed by atoms with Gasteiger partial charge in [-0.1, -0.05) is 6.92 Å². The number of carbonyl (C=O) groups is 2. The van der Waals surface area contributed by atoms with E-state index in [1.165, 1.54) is 0 Å². The summed E-state index contributed by atoms with van der Waals surface area (Å²) in [5.74, 6) is -0.492. The summed E-state index contributed by atoms with van der Waals surface area (Å²) in [6.07, 6.45) is 0.450. The van der Waals surface area contributed by atoms with Gasteiger partial charge in [0, 0.05) is 12.1 Å². The molecule has 0 saturated heterocycles. The lowest BCUT2D eigenvalue weighted by Gasteiger charge is -2.23. The molecule has 0 aliphatic carbocycles. The van der Waals surface area contributed by atoms with Crippen LogP contribution in [0, 0.1) is 5.41 Å². The number of nitrogens with one attached hydrogen (secondary N) is 1. The molecule has 0 aliphatic rings. The average molecular weight is 279 g/mol. The van der Waals surface area contributed by atoms with E-state index in [9.17, 15) is 9.59 Å². The molecule has 0 saturated carbocycles. The molecule has 110 valence electrons.